The van der Waals surface area contributed by atoms with Gasteiger partial charge in [-0.15, -0.1) is 10.2 Å². The Balaban J connectivity index is 1.67. The van der Waals surface area contributed by atoms with E-state index in [1.165, 1.54) is 23.1 Å². The molecule has 11 heteroatoms. The molecule has 2 heterocycles. The van der Waals surface area contributed by atoms with Crippen LogP contribution in [0, 0.1) is 0 Å². The summed E-state index contributed by atoms with van der Waals surface area (Å²) < 4.78 is 5.90. The van der Waals surface area contributed by atoms with E-state index < -0.39 is 5.91 Å². The van der Waals surface area contributed by atoms with Crippen molar-refractivity contribution in [2.75, 3.05) is 19.8 Å². The lowest BCUT2D eigenvalue weighted by atomic mass is 10.1. The number of aromatic nitrogens is 3. The molecule has 0 bridgehead atoms. The summed E-state index contributed by atoms with van der Waals surface area (Å²) in [6.45, 7) is 0.208. The Kier molecular flexibility index (Phi) is 9.36. The van der Waals surface area contributed by atoms with Gasteiger partial charge in [0.05, 0.1) is 41.2 Å². The third-order valence-corrected chi connectivity index (χ3v) is 6.41. The number of aromatic hydroxyl groups is 1. The number of aliphatic hydroxyl groups excluding tert-OH is 1. The maximum atomic E-state index is 13.7. The number of aliphatic hydroxyl groups is 1. The lowest BCUT2D eigenvalue weighted by molar-refractivity contribution is 0.0699. The minimum absolute atomic E-state index is 0.0301. The molecule has 0 spiro atoms. The van der Waals surface area contributed by atoms with E-state index in [9.17, 15) is 15.0 Å². The molecule has 0 saturated carbocycles. The third-order valence-electron chi connectivity index (χ3n) is 5.58. The first-order valence-electron chi connectivity index (χ1n) is 11.6. The van der Waals surface area contributed by atoms with Crippen LogP contribution < -0.4 is 4.74 Å². The predicted molar refractivity (Wildman–Crippen MR) is 146 cm³/mol. The molecule has 0 fully saturated rings. The molecule has 0 aliphatic carbocycles. The van der Waals surface area contributed by atoms with Crippen molar-refractivity contribution in [2.45, 2.75) is 13.0 Å². The van der Waals surface area contributed by atoms with Crippen molar-refractivity contribution in [1.29, 1.82) is 0 Å². The van der Waals surface area contributed by atoms with E-state index in [0.717, 1.165) is 5.56 Å². The van der Waals surface area contributed by atoms with Crippen LogP contribution in [0.15, 0.2) is 66.9 Å². The van der Waals surface area contributed by atoms with Crippen LogP contribution in [0.25, 0.3) is 11.3 Å². The molecule has 2 aromatic heterocycles. The number of carbonyl (C=O) groups excluding carboxylic acids is 1. The van der Waals surface area contributed by atoms with E-state index in [0.29, 0.717) is 28.4 Å². The van der Waals surface area contributed by atoms with Crippen molar-refractivity contribution in [2.24, 2.45) is 0 Å². The number of phenolic OH excluding ortho intramolecular Hbond substituents is 1. The zero-order valence-corrected chi connectivity index (χ0v) is 22.3. The zero-order chi connectivity index (χ0) is 27.1. The molecule has 0 aliphatic rings. The lowest BCUT2D eigenvalue weighted by Crippen LogP contribution is -2.34. The van der Waals surface area contributed by atoms with Gasteiger partial charge in [-0.05, 0) is 48.0 Å². The van der Waals surface area contributed by atoms with Crippen LogP contribution in [0.3, 0.4) is 0 Å². The van der Waals surface area contributed by atoms with Crippen LogP contribution in [0.2, 0.25) is 15.1 Å². The number of amides is 1. The quantitative estimate of drug-likeness (QED) is 0.259. The van der Waals surface area contributed by atoms with Gasteiger partial charge in [-0.3, -0.25) is 9.78 Å². The molecule has 4 rings (SSSR count). The van der Waals surface area contributed by atoms with Crippen LogP contribution >= 0.6 is 34.8 Å². The van der Waals surface area contributed by atoms with Gasteiger partial charge in [0.2, 0.25) is 5.88 Å². The maximum absolute atomic E-state index is 13.7. The van der Waals surface area contributed by atoms with Gasteiger partial charge in [-0.25, -0.2) is 0 Å². The fraction of sp³-hybridized carbons (Fsp3) is 0.185. The molecule has 0 atom stereocenters. The fourth-order valence-corrected chi connectivity index (χ4v) is 4.26. The van der Waals surface area contributed by atoms with Crippen molar-refractivity contribution >= 4 is 40.7 Å². The van der Waals surface area contributed by atoms with Gasteiger partial charge in [0.15, 0.2) is 5.75 Å². The van der Waals surface area contributed by atoms with Gasteiger partial charge in [-0.2, -0.15) is 0 Å². The Bertz CT molecular complexity index is 1380. The summed E-state index contributed by atoms with van der Waals surface area (Å²) in [6.07, 6.45) is 2.18. The topological polar surface area (TPSA) is 109 Å². The molecular formula is C27H23Cl3N4O4. The van der Waals surface area contributed by atoms with E-state index in [4.69, 9.17) is 39.5 Å². The van der Waals surface area contributed by atoms with E-state index >= 15 is 0 Å². The molecule has 0 aliphatic heterocycles. The molecule has 1 amide bonds. The standard InChI is InChI=1S/C27H23Cl3N4O4/c28-19-6-4-17(5-7-19)8-12-38-26-21(27(37)34(10-11-35)16-20-3-1-2-9-31-20)15-24(32-33-26)18-13-22(29)25(36)23(30)14-18/h1-7,9,13-15,35-36H,8,10-12,16H2. The highest BCUT2D eigenvalue weighted by molar-refractivity contribution is 6.37. The number of ether oxygens (including phenoxy) is 1. The summed E-state index contributed by atoms with van der Waals surface area (Å²) >= 11 is 18.2. The Labute approximate surface area is 234 Å². The Morgan fingerprint density at radius 3 is 2.37 bits per heavy atom. The lowest BCUT2D eigenvalue weighted by Gasteiger charge is -2.22. The number of pyridine rings is 1. The minimum atomic E-state index is -0.432. The number of halogens is 3. The molecular weight excluding hydrogens is 551 g/mol. The number of hydrogen-bond donors (Lipinski definition) is 2. The average Bonchev–Trinajstić information content (AvgIpc) is 2.92. The molecule has 38 heavy (non-hydrogen) atoms. The molecule has 0 unspecified atom stereocenters. The second kappa shape index (κ2) is 12.9. The molecule has 0 saturated heterocycles. The SMILES string of the molecule is O=C(c1cc(-c2cc(Cl)c(O)c(Cl)c2)nnc1OCCc1ccc(Cl)cc1)N(CCO)Cc1ccccn1. The molecule has 8 nitrogen and oxygen atoms in total. The summed E-state index contributed by atoms with van der Waals surface area (Å²) in [5.74, 6) is -0.654. The van der Waals surface area contributed by atoms with E-state index in [1.54, 1.807) is 30.5 Å². The molecule has 2 N–H and O–H groups in total. The van der Waals surface area contributed by atoms with Gasteiger partial charge >= 0.3 is 0 Å². The predicted octanol–water partition coefficient (Wildman–Crippen LogP) is 5.46. The van der Waals surface area contributed by atoms with E-state index in [-0.39, 0.29) is 53.5 Å². The van der Waals surface area contributed by atoms with Crippen molar-refractivity contribution in [1.82, 2.24) is 20.1 Å². The first-order chi connectivity index (χ1) is 18.4. The Morgan fingerprint density at radius 2 is 1.71 bits per heavy atom. The number of carbonyl (C=O) groups is 1. The van der Waals surface area contributed by atoms with Gasteiger partial charge < -0.3 is 19.8 Å². The smallest absolute Gasteiger partial charge is 0.259 e. The number of phenols is 1. The largest absolute Gasteiger partial charge is 0.505 e. The first-order valence-corrected chi connectivity index (χ1v) is 12.7. The third kappa shape index (κ3) is 6.90. The highest BCUT2D eigenvalue weighted by atomic mass is 35.5. The second-order valence-corrected chi connectivity index (χ2v) is 9.48. The van der Waals surface area contributed by atoms with Crippen LogP contribution in [-0.4, -0.2) is 56.0 Å². The van der Waals surface area contributed by atoms with Crippen molar-refractivity contribution < 1.29 is 19.7 Å². The normalized spacial score (nSPS) is 10.8. The van der Waals surface area contributed by atoms with Crippen LogP contribution in [-0.2, 0) is 13.0 Å². The number of hydrogen-bond acceptors (Lipinski definition) is 7. The summed E-state index contributed by atoms with van der Waals surface area (Å²) in [4.78, 5) is 19.5. The second-order valence-electron chi connectivity index (χ2n) is 8.23. The highest BCUT2D eigenvalue weighted by Crippen LogP contribution is 2.36. The fourth-order valence-electron chi connectivity index (χ4n) is 3.64. The molecule has 196 valence electrons. The molecule has 4 aromatic rings. The monoisotopic (exact) mass is 572 g/mol. The summed E-state index contributed by atoms with van der Waals surface area (Å²) in [7, 11) is 0. The average molecular weight is 574 g/mol. The van der Waals surface area contributed by atoms with Gasteiger partial charge in [0.1, 0.15) is 5.56 Å². The Hall–Kier alpha value is -3.43. The van der Waals surface area contributed by atoms with Gasteiger partial charge in [0.25, 0.3) is 5.91 Å². The van der Waals surface area contributed by atoms with E-state index in [1.807, 2.05) is 18.2 Å². The number of benzene rings is 2. The van der Waals surface area contributed by atoms with Crippen molar-refractivity contribution in [3.05, 3.63) is 98.7 Å². The molecule has 0 radical (unpaired) electrons. The number of nitrogens with zero attached hydrogens (tertiary/aromatic N) is 4. The van der Waals surface area contributed by atoms with Gasteiger partial charge in [0, 0.05) is 29.7 Å². The minimum Gasteiger partial charge on any atom is -0.505 e. The van der Waals surface area contributed by atoms with Crippen molar-refractivity contribution in [3.63, 3.8) is 0 Å². The van der Waals surface area contributed by atoms with Crippen LogP contribution in [0.5, 0.6) is 11.6 Å². The Morgan fingerprint density at radius 1 is 0.974 bits per heavy atom. The molecule has 2 aromatic carbocycles. The number of rotatable bonds is 10. The highest BCUT2D eigenvalue weighted by Gasteiger charge is 2.24. The first kappa shape index (κ1) is 27.6. The summed E-state index contributed by atoms with van der Waals surface area (Å²) in [6, 6.07) is 17.2. The van der Waals surface area contributed by atoms with Crippen molar-refractivity contribution in [3.8, 4) is 22.9 Å². The van der Waals surface area contributed by atoms with Crippen LogP contribution in [0.1, 0.15) is 21.6 Å². The zero-order valence-electron chi connectivity index (χ0n) is 20.0. The van der Waals surface area contributed by atoms with Crippen LogP contribution in [0.4, 0.5) is 0 Å². The van der Waals surface area contributed by atoms with Gasteiger partial charge in [-0.1, -0.05) is 53.0 Å². The maximum Gasteiger partial charge on any atom is 0.259 e. The van der Waals surface area contributed by atoms with E-state index in [2.05, 4.69) is 15.2 Å². The summed E-state index contributed by atoms with van der Waals surface area (Å²) in [5.41, 5.74) is 2.53. The summed E-state index contributed by atoms with van der Waals surface area (Å²) in [5, 5.41) is 28.7.